The smallest absolute Gasteiger partial charge is 0.246 e. The maximum atomic E-state index is 13.1. The van der Waals surface area contributed by atoms with E-state index in [1.165, 1.54) is 0 Å². The first-order valence-corrected chi connectivity index (χ1v) is 10.2. The molecule has 1 fully saturated rings. The molecule has 29 heavy (non-hydrogen) atoms. The molecule has 0 radical (unpaired) electrons. The fraction of sp³-hybridized carbons (Fsp3) is 0.375. The average Bonchev–Trinajstić information content (AvgIpc) is 2.72. The van der Waals surface area contributed by atoms with E-state index in [0.29, 0.717) is 32.5 Å². The van der Waals surface area contributed by atoms with Crippen molar-refractivity contribution < 1.29 is 9.59 Å². The number of rotatable bonds is 7. The van der Waals surface area contributed by atoms with E-state index in [1.807, 2.05) is 38.1 Å². The molecule has 3 rings (SSSR count). The van der Waals surface area contributed by atoms with E-state index in [-0.39, 0.29) is 17.7 Å². The highest BCUT2D eigenvalue weighted by Crippen LogP contribution is 2.22. The van der Waals surface area contributed by atoms with Crippen LogP contribution in [0.1, 0.15) is 25.8 Å². The molecule has 152 valence electrons. The lowest BCUT2D eigenvalue weighted by atomic mass is 9.97. The van der Waals surface area contributed by atoms with Crippen LogP contribution in [0, 0.1) is 5.92 Å². The summed E-state index contributed by atoms with van der Waals surface area (Å²) in [6.45, 7) is 9.46. The van der Waals surface area contributed by atoms with Gasteiger partial charge in [0.05, 0.1) is 0 Å². The van der Waals surface area contributed by atoms with Gasteiger partial charge >= 0.3 is 0 Å². The molecule has 1 atom stereocenters. The zero-order valence-corrected chi connectivity index (χ0v) is 17.3. The molecule has 0 N–H and O–H groups in total. The van der Waals surface area contributed by atoms with Crippen LogP contribution in [-0.2, 0) is 16.0 Å². The molecule has 1 aromatic heterocycles. The van der Waals surface area contributed by atoms with Crippen LogP contribution in [0.5, 0.6) is 0 Å². The van der Waals surface area contributed by atoms with Gasteiger partial charge in [-0.15, -0.1) is 6.58 Å². The Balaban J connectivity index is 1.80. The van der Waals surface area contributed by atoms with Gasteiger partial charge in [0, 0.05) is 44.9 Å². The molecule has 1 aliphatic heterocycles. The Hall–Kier alpha value is -2.95. The number of hydrogen-bond acceptors (Lipinski definition) is 3. The van der Waals surface area contributed by atoms with Crippen molar-refractivity contribution >= 4 is 11.8 Å². The maximum absolute atomic E-state index is 13.1. The lowest BCUT2D eigenvalue weighted by Crippen LogP contribution is -2.59. The van der Waals surface area contributed by atoms with E-state index in [1.54, 1.807) is 28.3 Å². The first-order valence-electron chi connectivity index (χ1n) is 10.2. The minimum atomic E-state index is -0.457. The largest absolute Gasteiger partial charge is 0.335 e. The van der Waals surface area contributed by atoms with Gasteiger partial charge in [-0.3, -0.25) is 14.6 Å². The van der Waals surface area contributed by atoms with Crippen molar-refractivity contribution in [1.82, 2.24) is 14.8 Å². The first kappa shape index (κ1) is 20.8. The van der Waals surface area contributed by atoms with Gasteiger partial charge in [-0.25, -0.2) is 0 Å². The minimum Gasteiger partial charge on any atom is -0.335 e. The van der Waals surface area contributed by atoms with Gasteiger partial charge in [0.1, 0.15) is 6.04 Å². The number of aromatic nitrogens is 1. The zero-order valence-electron chi connectivity index (χ0n) is 17.3. The van der Waals surface area contributed by atoms with Crippen molar-refractivity contribution in [2.45, 2.75) is 32.7 Å². The molecule has 1 unspecified atom stereocenters. The zero-order chi connectivity index (χ0) is 20.8. The van der Waals surface area contributed by atoms with Gasteiger partial charge in [-0.1, -0.05) is 44.2 Å². The summed E-state index contributed by atoms with van der Waals surface area (Å²) in [5.74, 6) is 0.334. The second-order valence-electron chi connectivity index (χ2n) is 7.91. The summed E-state index contributed by atoms with van der Waals surface area (Å²) in [5.41, 5.74) is 3.25. The second kappa shape index (κ2) is 9.50. The third-order valence-electron chi connectivity index (χ3n) is 5.23. The van der Waals surface area contributed by atoms with Gasteiger partial charge in [-0.05, 0) is 34.7 Å². The topological polar surface area (TPSA) is 53.5 Å². The SMILES string of the molecule is C=CCN1CCN(C(=O)CC(C)C)C(Cc2ccc(-c3ccncc3)cc2)C1=O. The third kappa shape index (κ3) is 5.11. The highest BCUT2D eigenvalue weighted by Gasteiger charge is 2.36. The molecular weight excluding hydrogens is 362 g/mol. The fourth-order valence-electron chi connectivity index (χ4n) is 3.74. The summed E-state index contributed by atoms with van der Waals surface area (Å²) in [6.07, 6.45) is 6.27. The summed E-state index contributed by atoms with van der Waals surface area (Å²) in [6, 6.07) is 11.7. The minimum absolute atomic E-state index is 0.00599. The van der Waals surface area contributed by atoms with Crippen molar-refractivity contribution in [3.05, 3.63) is 67.0 Å². The Labute approximate surface area is 173 Å². The van der Waals surface area contributed by atoms with Crippen LogP contribution < -0.4 is 0 Å². The Morgan fingerprint density at radius 3 is 2.41 bits per heavy atom. The second-order valence-corrected chi connectivity index (χ2v) is 7.91. The predicted molar refractivity (Wildman–Crippen MR) is 115 cm³/mol. The number of pyridine rings is 1. The summed E-state index contributed by atoms with van der Waals surface area (Å²) < 4.78 is 0. The third-order valence-corrected chi connectivity index (χ3v) is 5.23. The first-order chi connectivity index (χ1) is 14.0. The number of benzene rings is 1. The molecule has 2 aromatic rings. The van der Waals surface area contributed by atoms with Gasteiger partial charge in [-0.2, -0.15) is 0 Å². The molecule has 5 heteroatoms. The van der Waals surface area contributed by atoms with E-state index in [4.69, 9.17) is 0 Å². The van der Waals surface area contributed by atoms with Crippen LogP contribution >= 0.6 is 0 Å². The van der Waals surface area contributed by atoms with Crippen LogP contribution in [0.25, 0.3) is 11.1 Å². The quantitative estimate of drug-likeness (QED) is 0.678. The summed E-state index contributed by atoms with van der Waals surface area (Å²) in [4.78, 5) is 33.5. The van der Waals surface area contributed by atoms with Crippen LogP contribution in [0.3, 0.4) is 0 Å². The van der Waals surface area contributed by atoms with E-state index in [9.17, 15) is 9.59 Å². The number of piperazine rings is 1. The highest BCUT2D eigenvalue weighted by atomic mass is 16.2. The lowest BCUT2D eigenvalue weighted by Gasteiger charge is -2.40. The van der Waals surface area contributed by atoms with Crippen molar-refractivity contribution in [3.8, 4) is 11.1 Å². The predicted octanol–water partition coefficient (Wildman–Crippen LogP) is 3.56. The number of carbonyl (C=O) groups is 2. The molecule has 0 bridgehead atoms. The van der Waals surface area contributed by atoms with Crippen LogP contribution in [-0.4, -0.2) is 52.3 Å². The highest BCUT2D eigenvalue weighted by molar-refractivity contribution is 5.89. The van der Waals surface area contributed by atoms with Crippen molar-refractivity contribution in [2.24, 2.45) is 5.92 Å². The Kier molecular flexibility index (Phi) is 6.81. The molecule has 1 saturated heterocycles. The van der Waals surface area contributed by atoms with Crippen LogP contribution in [0.4, 0.5) is 0 Å². The molecular formula is C24H29N3O2. The fourth-order valence-corrected chi connectivity index (χ4v) is 3.74. The number of amides is 2. The molecule has 1 aromatic carbocycles. The molecule has 0 aliphatic carbocycles. The van der Waals surface area contributed by atoms with Crippen molar-refractivity contribution in [2.75, 3.05) is 19.6 Å². The van der Waals surface area contributed by atoms with Crippen molar-refractivity contribution in [1.29, 1.82) is 0 Å². The number of carbonyl (C=O) groups excluding carboxylic acids is 2. The van der Waals surface area contributed by atoms with Crippen LogP contribution in [0.15, 0.2) is 61.4 Å². The van der Waals surface area contributed by atoms with E-state index in [0.717, 1.165) is 16.7 Å². The van der Waals surface area contributed by atoms with Gasteiger partial charge in [0.25, 0.3) is 0 Å². The maximum Gasteiger partial charge on any atom is 0.246 e. The lowest BCUT2D eigenvalue weighted by molar-refractivity contribution is -0.151. The molecule has 0 saturated carbocycles. The Bertz CT molecular complexity index is 846. The monoisotopic (exact) mass is 391 g/mol. The average molecular weight is 392 g/mol. The van der Waals surface area contributed by atoms with Crippen LogP contribution in [0.2, 0.25) is 0 Å². The normalized spacial score (nSPS) is 16.9. The summed E-state index contributed by atoms with van der Waals surface area (Å²) >= 11 is 0. The van der Waals surface area contributed by atoms with Crippen molar-refractivity contribution in [3.63, 3.8) is 0 Å². The molecule has 2 heterocycles. The number of hydrogen-bond donors (Lipinski definition) is 0. The molecule has 0 spiro atoms. The standard InChI is InChI=1S/C24H29N3O2/c1-4-13-26-14-15-27(23(28)16-18(2)3)22(24(26)29)17-19-5-7-20(8-6-19)21-9-11-25-12-10-21/h4-12,18,22H,1,13-17H2,2-3H3. The van der Waals surface area contributed by atoms with Gasteiger partial charge in [0.15, 0.2) is 0 Å². The van der Waals surface area contributed by atoms with E-state index in [2.05, 4.69) is 23.7 Å². The molecule has 5 nitrogen and oxygen atoms in total. The Morgan fingerprint density at radius 1 is 1.14 bits per heavy atom. The van der Waals surface area contributed by atoms with E-state index >= 15 is 0 Å². The Morgan fingerprint density at radius 2 is 1.79 bits per heavy atom. The summed E-state index contributed by atoms with van der Waals surface area (Å²) in [5, 5.41) is 0. The van der Waals surface area contributed by atoms with E-state index < -0.39 is 6.04 Å². The molecule has 2 amide bonds. The summed E-state index contributed by atoms with van der Waals surface area (Å²) in [7, 11) is 0. The van der Waals surface area contributed by atoms with Gasteiger partial charge in [0.2, 0.25) is 11.8 Å². The van der Waals surface area contributed by atoms with Gasteiger partial charge < -0.3 is 9.80 Å². The number of nitrogens with zero attached hydrogens (tertiary/aromatic N) is 3. The molecule has 1 aliphatic rings.